The lowest BCUT2D eigenvalue weighted by Crippen LogP contribution is -2.29. The highest BCUT2D eigenvalue weighted by molar-refractivity contribution is 7.98. The number of anilines is 2. The number of thioether (sulfide) groups is 1. The Bertz CT molecular complexity index is 1300. The summed E-state index contributed by atoms with van der Waals surface area (Å²) in [4.78, 5) is 31.0. The zero-order chi connectivity index (χ0) is 23.9. The second-order valence-corrected chi connectivity index (χ2v) is 9.23. The molecule has 0 aliphatic carbocycles. The summed E-state index contributed by atoms with van der Waals surface area (Å²) in [7, 11) is 0. The molecule has 0 bridgehead atoms. The van der Waals surface area contributed by atoms with E-state index in [4.69, 9.17) is 0 Å². The largest absolute Gasteiger partial charge is 0.342 e. The fourth-order valence-electron chi connectivity index (χ4n) is 3.44. The van der Waals surface area contributed by atoms with Crippen LogP contribution in [0, 0.1) is 0 Å². The standard InChI is InChI=1S/C24H24N6O2S2/c1-17(31)30(19-8-4-3-5-9-19)24-25-18(16-34-24)11-12-22(32)26-20(13-15-33-2)23-28-27-21-10-6-7-14-29(21)23/h3-12,14,16,20H,13,15H2,1-2H3,(H,26,32)/b12-11+. The van der Waals surface area contributed by atoms with E-state index < -0.39 is 0 Å². The molecule has 3 heterocycles. The van der Waals surface area contributed by atoms with Crippen LogP contribution in [0.3, 0.4) is 0 Å². The van der Waals surface area contributed by atoms with Crippen molar-refractivity contribution in [1.82, 2.24) is 24.9 Å². The molecular weight excluding hydrogens is 468 g/mol. The Balaban J connectivity index is 1.48. The SMILES string of the molecule is CSCCC(NC(=O)/C=C/c1csc(N(C(C)=O)c2ccccc2)n1)c1nnc2ccccn12. The van der Waals surface area contributed by atoms with Gasteiger partial charge in [-0.2, -0.15) is 11.8 Å². The normalized spacial score (nSPS) is 12.2. The van der Waals surface area contributed by atoms with Crippen molar-refractivity contribution in [1.29, 1.82) is 0 Å². The fraction of sp³-hybridized carbons (Fsp3) is 0.208. The van der Waals surface area contributed by atoms with Crippen molar-refractivity contribution in [3.05, 3.63) is 77.7 Å². The molecule has 1 atom stereocenters. The average molecular weight is 493 g/mol. The van der Waals surface area contributed by atoms with Crippen LogP contribution in [0.5, 0.6) is 0 Å². The third-order valence-corrected chi connectivity index (χ3v) is 6.50. The van der Waals surface area contributed by atoms with Crippen LogP contribution in [0.4, 0.5) is 10.8 Å². The Labute approximate surface area is 205 Å². The number of nitrogens with zero attached hydrogens (tertiary/aromatic N) is 5. The molecule has 8 nitrogen and oxygen atoms in total. The summed E-state index contributed by atoms with van der Waals surface area (Å²) in [5, 5.41) is 13.9. The van der Waals surface area contributed by atoms with Gasteiger partial charge in [-0.25, -0.2) is 4.98 Å². The number of carbonyl (C=O) groups is 2. The topological polar surface area (TPSA) is 92.5 Å². The Kier molecular flexibility index (Phi) is 7.71. The monoisotopic (exact) mass is 492 g/mol. The molecule has 0 saturated heterocycles. The summed E-state index contributed by atoms with van der Waals surface area (Å²) in [6.45, 7) is 1.50. The number of rotatable bonds is 9. The van der Waals surface area contributed by atoms with Gasteiger partial charge in [0, 0.05) is 24.6 Å². The average Bonchev–Trinajstić information content (AvgIpc) is 3.48. The molecule has 4 rings (SSSR count). The van der Waals surface area contributed by atoms with Crippen molar-refractivity contribution in [2.45, 2.75) is 19.4 Å². The van der Waals surface area contributed by atoms with Crippen molar-refractivity contribution in [3.8, 4) is 0 Å². The molecule has 10 heteroatoms. The highest BCUT2D eigenvalue weighted by atomic mass is 32.2. The number of carbonyl (C=O) groups excluding carboxylic acids is 2. The molecule has 0 saturated carbocycles. The minimum atomic E-state index is -0.278. The Morgan fingerprint density at radius 2 is 1.97 bits per heavy atom. The Hall–Kier alpha value is -3.50. The van der Waals surface area contributed by atoms with Crippen LogP contribution in [-0.2, 0) is 9.59 Å². The molecule has 0 aliphatic rings. The van der Waals surface area contributed by atoms with Gasteiger partial charge in [-0.15, -0.1) is 21.5 Å². The summed E-state index contributed by atoms with van der Waals surface area (Å²) in [6.07, 6.45) is 7.74. The molecule has 0 aliphatic heterocycles. The first-order valence-electron chi connectivity index (χ1n) is 10.6. The number of hydrogen-bond acceptors (Lipinski definition) is 7. The van der Waals surface area contributed by atoms with Crippen LogP contribution in [0.1, 0.15) is 30.9 Å². The van der Waals surface area contributed by atoms with Gasteiger partial charge in [-0.3, -0.25) is 18.9 Å². The van der Waals surface area contributed by atoms with Crippen LogP contribution in [0.2, 0.25) is 0 Å². The van der Waals surface area contributed by atoms with E-state index in [9.17, 15) is 9.59 Å². The first kappa shape index (κ1) is 23.7. The summed E-state index contributed by atoms with van der Waals surface area (Å²) in [5.41, 5.74) is 2.08. The Morgan fingerprint density at radius 1 is 1.18 bits per heavy atom. The second-order valence-electron chi connectivity index (χ2n) is 7.41. The van der Waals surface area contributed by atoms with Crippen LogP contribution in [-0.4, -0.2) is 43.4 Å². The van der Waals surface area contributed by atoms with Crippen LogP contribution in [0.15, 0.2) is 66.2 Å². The van der Waals surface area contributed by atoms with Gasteiger partial charge in [0.15, 0.2) is 16.6 Å². The van der Waals surface area contributed by atoms with Gasteiger partial charge in [-0.1, -0.05) is 24.3 Å². The van der Waals surface area contributed by atoms with Gasteiger partial charge in [0.2, 0.25) is 11.8 Å². The lowest BCUT2D eigenvalue weighted by Gasteiger charge is -2.17. The van der Waals surface area contributed by atoms with Crippen molar-refractivity contribution < 1.29 is 9.59 Å². The number of pyridine rings is 1. The van der Waals surface area contributed by atoms with Gasteiger partial charge < -0.3 is 5.32 Å². The first-order chi connectivity index (χ1) is 16.6. The summed E-state index contributed by atoms with van der Waals surface area (Å²) < 4.78 is 1.89. The predicted molar refractivity (Wildman–Crippen MR) is 137 cm³/mol. The van der Waals surface area contributed by atoms with Gasteiger partial charge in [0.1, 0.15) is 0 Å². The third-order valence-electron chi connectivity index (χ3n) is 5.01. The number of para-hydroxylation sites is 1. The quantitative estimate of drug-likeness (QED) is 0.346. The predicted octanol–water partition coefficient (Wildman–Crippen LogP) is 4.49. The molecule has 174 valence electrons. The maximum atomic E-state index is 12.7. The van der Waals surface area contributed by atoms with Gasteiger partial charge in [-0.05, 0) is 48.8 Å². The zero-order valence-corrected chi connectivity index (χ0v) is 20.4. The number of fused-ring (bicyclic) bond motifs is 1. The molecule has 34 heavy (non-hydrogen) atoms. The van der Waals surface area contributed by atoms with Crippen LogP contribution >= 0.6 is 23.1 Å². The number of amides is 2. The molecule has 0 radical (unpaired) electrons. The van der Waals surface area contributed by atoms with Crippen LogP contribution < -0.4 is 10.2 Å². The van der Waals surface area contributed by atoms with Crippen molar-refractivity contribution in [3.63, 3.8) is 0 Å². The fourth-order valence-corrected chi connectivity index (χ4v) is 4.77. The molecule has 3 aromatic heterocycles. The number of benzene rings is 1. The molecule has 0 fully saturated rings. The van der Waals surface area contributed by atoms with Crippen molar-refractivity contribution >= 4 is 57.5 Å². The first-order valence-corrected chi connectivity index (χ1v) is 12.9. The molecular formula is C24H24N6O2S2. The summed E-state index contributed by atoms with van der Waals surface area (Å²) in [5.74, 6) is 1.18. The molecule has 4 aromatic rings. The van der Waals surface area contributed by atoms with Gasteiger partial charge in [0.25, 0.3) is 0 Å². The molecule has 1 unspecified atom stereocenters. The maximum Gasteiger partial charge on any atom is 0.244 e. The lowest BCUT2D eigenvalue weighted by atomic mass is 10.2. The van der Waals surface area contributed by atoms with E-state index in [1.165, 1.54) is 24.3 Å². The second kappa shape index (κ2) is 11.1. The number of nitrogens with one attached hydrogen (secondary N) is 1. The van der Waals surface area contributed by atoms with Crippen molar-refractivity contribution in [2.75, 3.05) is 16.9 Å². The number of thiazole rings is 1. The van der Waals surface area contributed by atoms with E-state index in [0.29, 0.717) is 16.6 Å². The van der Waals surface area contributed by atoms with Gasteiger partial charge >= 0.3 is 0 Å². The van der Waals surface area contributed by atoms with E-state index >= 15 is 0 Å². The van der Waals surface area contributed by atoms with E-state index in [1.54, 1.807) is 22.7 Å². The molecule has 2 amide bonds. The smallest absolute Gasteiger partial charge is 0.244 e. The highest BCUT2D eigenvalue weighted by Crippen LogP contribution is 2.29. The van der Waals surface area contributed by atoms with E-state index in [2.05, 4.69) is 20.5 Å². The van der Waals surface area contributed by atoms with Gasteiger partial charge in [0.05, 0.1) is 17.4 Å². The number of hydrogen-bond donors (Lipinski definition) is 1. The third kappa shape index (κ3) is 5.52. The summed E-state index contributed by atoms with van der Waals surface area (Å²) >= 11 is 3.05. The zero-order valence-electron chi connectivity index (χ0n) is 18.8. The minimum absolute atomic E-state index is 0.133. The van der Waals surface area contributed by atoms with E-state index in [-0.39, 0.29) is 17.9 Å². The lowest BCUT2D eigenvalue weighted by molar-refractivity contribution is -0.117. The van der Waals surface area contributed by atoms with Crippen molar-refractivity contribution in [2.24, 2.45) is 0 Å². The van der Waals surface area contributed by atoms with E-state index in [1.807, 2.05) is 70.8 Å². The molecule has 1 N–H and O–H groups in total. The molecule has 1 aromatic carbocycles. The minimum Gasteiger partial charge on any atom is -0.342 e. The Morgan fingerprint density at radius 3 is 2.74 bits per heavy atom. The van der Waals surface area contributed by atoms with E-state index in [0.717, 1.165) is 23.5 Å². The van der Waals surface area contributed by atoms with Crippen LogP contribution in [0.25, 0.3) is 11.7 Å². The summed E-state index contributed by atoms with van der Waals surface area (Å²) in [6, 6.07) is 14.8. The highest BCUT2D eigenvalue weighted by Gasteiger charge is 2.20. The number of aromatic nitrogens is 4. The molecule has 0 spiro atoms. The maximum absolute atomic E-state index is 12.7.